The van der Waals surface area contributed by atoms with Crippen LogP contribution in [0.25, 0.3) is 0 Å². The molecule has 0 bridgehead atoms. The number of hydrogen-bond donors (Lipinski definition) is 0. The van der Waals surface area contributed by atoms with Crippen molar-refractivity contribution in [3.05, 3.63) is 101 Å². The molecule has 3 aromatic carbocycles. The van der Waals surface area contributed by atoms with E-state index in [2.05, 4.69) is 33.9 Å². The molecule has 5 rings (SSSR count). The van der Waals surface area contributed by atoms with Crippen LogP contribution in [0.4, 0.5) is 0 Å². The van der Waals surface area contributed by atoms with Crippen LogP contribution in [-0.4, -0.2) is 61.3 Å². The average Bonchev–Trinajstić information content (AvgIpc) is 3.24. The van der Waals surface area contributed by atoms with Gasteiger partial charge in [0.25, 0.3) is 11.8 Å². The normalized spacial score (nSPS) is 23.9. The second-order valence-corrected chi connectivity index (χ2v) is 19.1. The molecule has 44 heavy (non-hydrogen) atoms. The maximum absolute atomic E-state index is 13.8. The summed E-state index contributed by atoms with van der Waals surface area (Å²) in [6, 6.07) is 23.2. The van der Waals surface area contributed by atoms with Gasteiger partial charge in [-0.05, 0) is 61.5 Å². The second-order valence-electron chi connectivity index (χ2n) is 13.2. The summed E-state index contributed by atoms with van der Waals surface area (Å²) in [5.74, 6) is -1.44. The summed E-state index contributed by atoms with van der Waals surface area (Å²) in [5, 5.41) is -0.115. The topological polar surface area (TPSA) is 82.1 Å². The van der Waals surface area contributed by atoms with Crippen LogP contribution in [0.1, 0.15) is 64.3 Å². The minimum absolute atomic E-state index is 0.0306. The number of amides is 2. The number of carbonyl (C=O) groups is 3. The highest BCUT2D eigenvalue weighted by Crippen LogP contribution is 2.45. The Morgan fingerprint density at radius 1 is 0.909 bits per heavy atom. The van der Waals surface area contributed by atoms with E-state index in [0.717, 1.165) is 10.5 Å². The Hall–Kier alpha value is -3.24. The van der Waals surface area contributed by atoms with Crippen LogP contribution in [0.3, 0.4) is 0 Å². The van der Waals surface area contributed by atoms with Gasteiger partial charge >= 0.3 is 5.97 Å². The summed E-state index contributed by atoms with van der Waals surface area (Å²) in [6.07, 6.45) is -1.16. The van der Waals surface area contributed by atoms with E-state index in [-0.39, 0.29) is 29.4 Å². The smallest absolute Gasteiger partial charge is 0.338 e. The predicted octanol–water partition coefficient (Wildman–Crippen LogP) is 7.36. The van der Waals surface area contributed by atoms with Crippen LogP contribution in [0.5, 0.6) is 0 Å². The number of esters is 1. The van der Waals surface area contributed by atoms with Gasteiger partial charge < -0.3 is 13.9 Å². The van der Waals surface area contributed by atoms with Crippen molar-refractivity contribution in [1.29, 1.82) is 0 Å². The zero-order valence-corrected chi connectivity index (χ0v) is 28.2. The Labute approximate surface area is 265 Å². The van der Waals surface area contributed by atoms with Crippen molar-refractivity contribution < 1.29 is 28.3 Å². The molecule has 3 aromatic rings. The van der Waals surface area contributed by atoms with E-state index in [1.165, 1.54) is 16.7 Å². The molecule has 2 aliphatic rings. The molecule has 2 aliphatic heterocycles. The molecule has 9 heteroatoms. The minimum Gasteiger partial charge on any atom is -0.459 e. The summed E-state index contributed by atoms with van der Waals surface area (Å²) in [5.41, 5.74) is 1.73. The van der Waals surface area contributed by atoms with E-state index >= 15 is 0 Å². The van der Waals surface area contributed by atoms with Crippen LogP contribution >= 0.6 is 11.8 Å². The molecule has 0 aromatic heterocycles. The molecule has 0 N–H and O–H groups in total. The first kappa shape index (κ1) is 32.2. The Morgan fingerprint density at radius 2 is 1.48 bits per heavy atom. The van der Waals surface area contributed by atoms with E-state index < -0.39 is 38.0 Å². The summed E-state index contributed by atoms with van der Waals surface area (Å²) < 4.78 is 19.7. The Bertz CT molecular complexity index is 1490. The molecule has 232 valence electrons. The van der Waals surface area contributed by atoms with E-state index in [1.54, 1.807) is 48.5 Å². The Kier molecular flexibility index (Phi) is 9.23. The van der Waals surface area contributed by atoms with E-state index in [1.807, 2.05) is 44.2 Å². The van der Waals surface area contributed by atoms with E-state index in [0.29, 0.717) is 16.7 Å². The van der Waals surface area contributed by atoms with Crippen molar-refractivity contribution in [2.45, 2.75) is 81.3 Å². The lowest BCUT2D eigenvalue weighted by molar-refractivity contribution is -0.149. The van der Waals surface area contributed by atoms with Gasteiger partial charge in [-0.3, -0.25) is 14.5 Å². The van der Waals surface area contributed by atoms with Crippen LogP contribution in [0, 0.1) is 12.8 Å². The van der Waals surface area contributed by atoms with Crippen LogP contribution in [0.2, 0.25) is 18.1 Å². The summed E-state index contributed by atoms with van der Waals surface area (Å²) >= 11 is 1.46. The van der Waals surface area contributed by atoms with Gasteiger partial charge in [-0.25, -0.2) is 4.79 Å². The largest absolute Gasteiger partial charge is 0.459 e. The maximum Gasteiger partial charge on any atom is 0.338 e. The fourth-order valence-electron chi connectivity index (χ4n) is 5.44. The molecule has 2 amide bonds. The van der Waals surface area contributed by atoms with Crippen molar-refractivity contribution in [2.75, 3.05) is 6.61 Å². The van der Waals surface area contributed by atoms with Gasteiger partial charge in [0.05, 0.1) is 28.8 Å². The van der Waals surface area contributed by atoms with Crippen molar-refractivity contribution in [2.24, 2.45) is 5.92 Å². The molecular formula is C35H41NO6SSi. The van der Waals surface area contributed by atoms with Gasteiger partial charge in [0.1, 0.15) is 18.1 Å². The molecule has 7 nitrogen and oxygen atoms in total. The molecule has 0 saturated carbocycles. The van der Waals surface area contributed by atoms with Crippen molar-refractivity contribution in [1.82, 2.24) is 4.90 Å². The fourth-order valence-corrected chi connectivity index (χ4v) is 8.11. The summed E-state index contributed by atoms with van der Waals surface area (Å²) in [6.45, 7) is 14.8. The third-order valence-corrected chi connectivity index (χ3v) is 14.7. The zero-order chi connectivity index (χ0) is 31.8. The highest BCUT2D eigenvalue weighted by Gasteiger charge is 2.54. The van der Waals surface area contributed by atoms with Crippen LogP contribution < -0.4 is 0 Å². The average molecular weight is 632 g/mol. The third kappa shape index (κ3) is 6.42. The molecule has 1 saturated heterocycles. The van der Waals surface area contributed by atoms with Gasteiger partial charge in [-0.15, -0.1) is 0 Å². The van der Waals surface area contributed by atoms with Gasteiger partial charge in [0.2, 0.25) is 0 Å². The van der Waals surface area contributed by atoms with Gasteiger partial charge in [0.15, 0.2) is 8.32 Å². The van der Waals surface area contributed by atoms with Crippen molar-refractivity contribution in [3.63, 3.8) is 0 Å². The van der Waals surface area contributed by atoms with Crippen molar-refractivity contribution >= 4 is 37.9 Å². The number of thioether (sulfide) groups is 1. The lowest BCUT2D eigenvalue weighted by Gasteiger charge is -2.51. The molecule has 5 atom stereocenters. The number of benzene rings is 3. The zero-order valence-electron chi connectivity index (χ0n) is 26.4. The predicted molar refractivity (Wildman–Crippen MR) is 174 cm³/mol. The number of fused-ring (bicyclic) bond motifs is 1. The highest BCUT2D eigenvalue weighted by molar-refractivity contribution is 7.99. The number of ether oxygens (including phenoxy) is 2. The summed E-state index contributed by atoms with van der Waals surface area (Å²) in [7, 11) is -2.38. The molecule has 0 spiro atoms. The van der Waals surface area contributed by atoms with Gasteiger partial charge in [-0.2, -0.15) is 0 Å². The third-order valence-electron chi connectivity index (χ3n) is 9.03. The first-order valence-corrected chi connectivity index (χ1v) is 18.8. The quantitative estimate of drug-likeness (QED) is 0.146. The van der Waals surface area contributed by atoms with E-state index in [4.69, 9.17) is 13.9 Å². The SMILES string of the molecule is Cc1ccc(SC2OC(COC(=O)c3ccccc3)C(O[Si](C)(C)C(C)(C)C)[C@H](C)[C@H]2N2C(=O)c3ccccc3C2=O)cc1. The first-order valence-electron chi connectivity index (χ1n) is 15.0. The first-order chi connectivity index (χ1) is 20.8. The molecule has 1 fully saturated rings. The fraction of sp³-hybridized carbons (Fsp3) is 0.400. The number of hydrogen-bond acceptors (Lipinski definition) is 7. The number of rotatable bonds is 8. The molecule has 2 heterocycles. The molecular weight excluding hydrogens is 591 g/mol. The van der Waals surface area contributed by atoms with E-state index in [9.17, 15) is 14.4 Å². The lowest BCUT2D eigenvalue weighted by atomic mass is 9.88. The van der Waals surface area contributed by atoms with Crippen LogP contribution in [-0.2, 0) is 13.9 Å². The standard InChI is InChI=1S/C35H41NO6SSi/c1-22-17-19-25(20-18-22)43-34-29(36-31(37)26-15-11-12-16-27(26)32(36)38)23(2)30(42-44(6,7)35(3,4)5)28(41-34)21-40-33(39)24-13-9-8-10-14-24/h8-20,23,28-30,34H,21H2,1-7H3/t23-,28?,29-,30?,34?/m1/s1. The molecule has 3 unspecified atom stereocenters. The monoisotopic (exact) mass is 631 g/mol. The maximum atomic E-state index is 13.8. The van der Waals surface area contributed by atoms with Crippen LogP contribution in [0.15, 0.2) is 83.8 Å². The Morgan fingerprint density at radius 3 is 2.05 bits per heavy atom. The van der Waals surface area contributed by atoms with Gasteiger partial charge in [-0.1, -0.05) is 87.5 Å². The summed E-state index contributed by atoms with van der Waals surface area (Å²) in [4.78, 5) is 43.0. The number of nitrogens with zero attached hydrogens (tertiary/aromatic N) is 1. The number of aryl methyl sites for hydroxylation is 1. The minimum atomic E-state index is -2.38. The number of carbonyl (C=O) groups excluding carboxylic acids is 3. The second kappa shape index (κ2) is 12.6. The highest BCUT2D eigenvalue weighted by atomic mass is 32.2. The lowest BCUT2D eigenvalue weighted by Crippen LogP contribution is -2.63. The molecule has 0 radical (unpaired) electrons. The Balaban J connectivity index is 1.53. The van der Waals surface area contributed by atoms with Gasteiger partial charge in [0, 0.05) is 10.8 Å². The molecule has 0 aliphatic carbocycles. The number of imide groups is 1. The van der Waals surface area contributed by atoms with Crippen molar-refractivity contribution in [3.8, 4) is 0 Å².